The summed E-state index contributed by atoms with van der Waals surface area (Å²) in [4.78, 5) is 2.62. The summed E-state index contributed by atoms with van der Waals surface area (Å²) in [5.74, 6) is 0.585. The second-order valence-electron chi connectivity index (χ2n) is 4.97. The molecule has 4 heteroatoms. The van der Waals surface area contributed by atoms with Crippen LogP contribution in [0.4, 0.5) is 4.39 Å². The van der Waals surface area contributed by atoms with Crippen LogP contribution in [0.2, 0.25) is 0 Å². The molecule has 0 bridgehead atoms. The van der Waals surface area contributed by atoms with Gasteiger partial charge in [-0.1, -0.05) is 25.6 Å². The maximum atomic E-state index is 13.8. The first kappa shape index (κ1) is 13.4. The van der Waals surface area contributed by atoms with Crippen LogP contribution in [0, 0.1) is 11.7 Å². The maximum absolute atomic E-state index is 13.8. The molecule has 1 fully saturated rings. The van der Waals surface area contributed by atoms with Gasteiger partial charge in [-0.3, -0.25) is 4.90 Å². The molecule has 0 radical (unpaired) electrons. The van der Waals surface area contributed by atoms with Crippen molar-refractivity contribution in [3.05, 3.63) is 35.1 Å². The third-order valence-electron chi connectivity index (χ3n) is 3.67. The Kier molecular flexibility index (Phi) is 4.30. The average Bonchev–Trinajstić information content (AvgIpc) is 2.79. The van der Waals surface area contributed by atoms with Gasteiger partial charge in [0.15, 0.2) is 0 Å². The fraction of sp³-hybridized carbons (Fsp3) is 0.500. The molecule has 0 saturated carbocycles. The van der Waals surface area contributed by atoms with Crippen molar-refractivity contribution in [1.82, 2.24) is 4.90 Å². The van der Waals surface area contributed by atoms with E-state index in [1.54, 1.807) is 12.1 Å². The lowest BCUT2D eigenvalue weighted by Crippen LogP contribution is -2.21. The third-order valence-corrected chi connectivity index (χ3v) is 3.91. The number of nitrogens with two attached hydrogens (primary N) is 1. The van der Waals surface area contributed by atoms with Crippen molar-refractivity contribution in [2.45, 2.75) is 26.3 Å². The van der Waals surface area contributed by atoms with E-state index in [0.29, 0.717) is 17.1 Å². The van der Waals surface area contributed by atoms with Crippen molar-refractivity contribution in [2.24, 2.45) is 11.7 Å². The molecule has 1 aromatic carbocycles. The Morgan fingerprint density at radius 2 is 2.33 bits per heavy atom. The smallest absolute Gasteiger partial charge is 0.127 e. The molecule has 2 N–H and O–H groups in total. The second kappa shape index (κ2) is 5.76. The van der Waals surface area contributed by atoms with Crippen LogP contribution in [-0.4, -0.2) is 23.0 Å². The van der Waals surface area contributed by atoms with Crippen LogP contribution in [0.3, 0.4) is 0 Å². The van der Waals surface area contributed by atoms with E-state index in [4.69, 9.17) is 18.0 Å². The summed E-state index contributed by atoms with van der Waals surface area (Å²) in [6.07, 6.45) is 2.42. The lowest BCUT2D eigenvalue weighted by molar-refractivity contribution is 0.310. The van der Waals surface area contributed by atoms with Gasteiger partial charge >= 0.3 is 0 Å². The fourth-order valence-electron chi connectivity index (χ4n) is 2.48. The van der Waals surface area contributed by atoms with Gasteiger partial charge in [0.25, 0.3) is 0 Å². The average molecular weight is 266 g/mol. The van der Waals surface area contributed by atoms with Crippen molar-refractivity contribution in [3.8, 4) is 0 Å². The summed E-state index contributed by atoms with van der Waals surface area (Å²) in [5.41, 5.74) is 7.01. The number of likely N-dealkylation sites (tertiary alicyclic amines) is 1. The quantitative estimate of drug-likeness (QED) is 0.850. The van der Waals surface area contributed by atoms with Gasteiger partial charge in [-0.05, 0) is 37.1 Å². The number of rotatable bonds is 4. The lowest BCUT2D eigenvalue weighted by Gasteiger charge is -2.16. The second-order valence-corrected chi connectivity index (χ2v) is 5.41. The van der Waals surface area contributed by atoms with E-state index in [1.807, 2.05) is 0 Å². The summed E-state index contributed by atoms with van der Waals surface area (Å²) < 4.78 is 13.8. The number of hydrogen-bond donors (Lipinski definition) is 1. The standard InChI is InChI=1S/C14H19FN2S/c1-2-10-5-6-17(8-10)9-12-7-11(14(16)18)3-4-13(12)15/h3-4,7,10H,2,5-6,8-9H2,1H3,(H2,16,18). The molecule has 2 rings (SSSR count). The fourth-order valence-corrected chi connectivity index (χ4v) is 2.61. The minimum Gasteiger partial charge on any atom is -0.389 e. The van der Waals surface area contributed by atoms with E-state index in [9.17, 15) is 4.39 Å². The Morgan fingerprint density at radius 3 is 2.94 bits per heavy atom. The number of halogens is 1. The van der Waals surface area contributed by atoms with Gasteiger partial charge in [0, 0.05) is 24.2 Å². The predicted molar refractivity (Wildman–Crippen MR) is 76.0 cm³/mol. The van der Waals surface area contributed by atoms with E-state index >= 15 is 0 Å². The molecule has 0 aliphatic carbocycles. The molecule has 0 amide bonds. The maximum Gasteiger partial charge on any atom is 0.127 e. The van der Waals surface area contributed by atoms with Crippen molar-refractivity contribution >= 4 is 17.2 Å². The molecule has 1 saturated heterocycles. The van der Waals surface area contributed by atoms with E-state index in [0.717, 1.165) is 24.6 Å². The summed E-state index contributed by atoms with van der Waals surface area (Å²) in [6, 6.07) is 4.87. The van der Waals surface area contributed by atoms with Crippen LogP contribution in [0.1, 0.15) is 30.9 Å². The summed E-state index contributed by atoms with van der Waals surface area (Å²) >= 11 is 4.93. The Balaban J connectivity index is 2.09. The molecular weight excluding hydrogens is 247 g/mol. The highest BCUT2D eigenvalue weighted by molar-refractivity contribution is 7.80. The summed E-state index contributed by atoms with van der Waals surface area (Å²) in [7, 11) is 0. The molecular formula is C14H19FN2S. The topological polar surface area (TPSA) is 29.3 Å². The lowest BCUT2D eigenvalue weighted by atomic mass is 10.1. The predicted octanol–water partition coefficient (Wildman–Crippen LogP) is 2.69. The number of benzene rings is 1. The van der Waals surface area contributed by atoms with Gasteiger partial charge in [0.1, 0.15) is 10.8 Å². The highest BCUT2D eigenvalue weighted by atomic mass is 32.1. The molecule has 1 atom stereocenters. The monoisotopic (exact) mass is 266 g/mol. The van der Waals surface area contributed by atoms with Gasteiger partial charge in [-0.15, -0.1) is 0 Å². The normalized spacial score (nSPS) is 20.2. The zero-order valence-electron chi connectivity index (χ0n) is 10.7. The molecule has 18 heavy (non-hydrogen) atoms. The first-order valence-electron chi connectivity index (χ1n) is 6.40. The third kappa shape index (κ3) is 3.06. The van der Waals surface area contributed by atoms with Gasteiger partial charge in [-0.25, -0.2) is 4.39 Å². The number of nitrogens with zero attached hydrogens (tertiary/aromatic N) is 1. The molecule has 0 aromatic heterocycles. The molecule has 1 aliphatic rings. The van der Waals surface area contributed by atoms with Crippen molar-refractivity contribution in [1.29, 1.82) is 0 Å². The van der Waals surface area contributed by atoms with Crippen LogP contribution in [0.15, 0.2) is 18.2 Å². The zero-order chi connectivity index (χ0) is 13.1. The Hall–Kier alpha value is -1.00. The van der Waals surface area contributed by atoms with Gasteiger partial charge in [0.05, 0.1) is 0 Å². The SMILES string of the molecule is CCC1CCN(Cc2cc(C(N)=S)ccc2F)C1. The molecule has 1 heterocycles. The van der Waals surface area contributed by atoms with Crippen LogP contribution in [0.5, 0.6) is 0 Å². The minimum absolute atomic E-state index is 0.171. The Labute approximate surface area is 113 Å². The van der Waals surface area contributed by atoms with Crippen LogP contribution >= 0.6 is 12.2 Å². The highest BCUT2D eigenvalue weighted by Crippen LogP contribution is 2.22. The summed E-state index contributed by atoms with van der Waals surface area (Å²) in [6.45, 7) is 4.98. The van der Waals surface area contributed by atoms with Crippen molar-refractivity contribution in [2.75, 3.05) is 13.1 Å². The van der Waals surface area contributed by atoms with Crippen molar-refractivity contribution < 1.29 is 4.39 Å². The number of thiocarbonyl (C=S) groups is 1. The molecule has 1 aromatic rings. The molecule has 98 valence electrons. The Morgan fingerprint density at radius 1 is 1.56 bits per heavy atom. The summed E-state index contributed by atoms with van der Waals surface area (Å²) in [5, 5.41) is 0. The van der Waals surface area contributed by atoms with Gasteiger partial charge in [0.2, 0.25) is 0 Å². The minimum atomic E-state index is -0.171. The Bertz CT molecular complexity index is 447. The van der Waals surface area contributed by atoms with Crippen molar-refractivity contribution in [3.63, 3.8) is 0 Å². The molecule has 0 spiro atoms. The van der Waals surface area contributed by atoms with Crippen LogP contribution in [-0.2, 0) is 6.54 Å². The highest BCUT2D eigenvalue weighted by Gasteiger charge is 2.21. The molecule has 1 unspecified atom stereocenters. The van der Waals surface area contributed by atoms with E-state index < -0.39 is 0 Å². The van der Waals surface area contributed by atoms with E-state index in [-0.39, 0.29) is 5.82 Å². The van der Waals surface area contributed by atoms with E-state index in [1.165, 1.54) is 18.9 Å². The van der Waals surface area contributed by atoms with Gasteiger partial charge < -0.3 is 5.73 Å². The van der Waals surface area contributed by atoms with Crippen LogP contribution < -0.4 is 5.73 Å². The largest absolute Gasteiger partial charge is 0.389 e. The molecule has 2 nitrogen and oxygen atoms in total. The molecule has 1 aliphatic heterocycles. The first-order chi connectivity index (χ1) is 8.60. The van der Waals surface area contributed by atoms with E-state index in [2.05, 4.69) is 11.8 Å². The number of hydrogen-bond acceptors (Lipinski definition) is 2. The van der Waals surface area contributed by atoms with Gasteiger partial charge in [-0.2, -0.15) is 0 Å². The zero-order valence-corrected chi connectivity index (χ0v) is 11.5. The van der Waals surface area contributed by atoms with Crippen LogP contribution in [0.25, 0.3) is 0 Å². The first-order valence-corrected chi connectivity index (χ1v) is 6.81.